The second-order valence-electron chi connectivity index (χ2n) is 10.5. The number of aliphatic hydroxyl groups is 1. The topological polar surface area (TPSA) is 125 Å². The number of halogens is 1. The summed E-state index contributed by atoms with van der Waals surface area (Å²) >= 11 is 6.03. The quantitative estimate of drug-likeness (QED) is 0.395. The smallest absolute Gasteiger partial charge is 0.270 e. The van der Waals surface area contributed by atoms with Gasteiger partial charge in [-0.25, -0.2) is 0 Å². The number of nitro benzene ring substituents is 1. The number of nitrogens with zero attached hydrogens (tertiary/aromatic N) is 2. The average Bonchev–Trinajstić information content (AvgIpc) is 2.75. The van der Waals surface area contributed by atoms with E-state index in [0.29, 0.717) is 11.8 Å². The molecule has 0 spiro atoms. The van der Waals surface area contributed by atoms with Gasteiger partial charge in [-0.05, 0) is 51.5 Å². The van der Waals surface area contributed by atoms with Crippen LogP contribution in [-0.2, 0) is 4.79 Å². The van der Waals surface area contributed by atoms with E-state index < -0.39 is 16.9 Å². The first-order valence-corrected chi connectivity index (χ1v) is 12.3. The minimum atomic E-state index is -0.883. The molecule has 188 valence electrons. The molecule has 1 aliphatic heterocycles. The van der Waals surface area contributed by atoms with Gasteiger partial charge in [-0.3, -0.25) is 24.6 Å². The number of nitrogens with one attached hydrogen (secondary N) is 2. The highest BCUT2D eigenvalue weighted by molar-refractivity contribution is 6.34. The van der Waals surface area contributed by atoms with Gasteiger partial charge in [0.05, 0.1) is 27.7 Å². The molecule has 3 N–H and O–H groups in total. The minimum Gasteiger partial charge on any atom is -0.390 e. The van der Waals surface area contributed by atoms with Crippen LogP contribution < -0.4 is 10.6 Å². The number of non-ortho nitro benzene ring substituents is 1. The van der Waals surface area contributed by atoms with Crippen LogP contribution in [0.5, 0.6) is 0 Å². The van der Waals surface area contributed by atoms with Crippen LogP contribution in [-0.4, -0.2) is 64.1 Å². The number of likely N-dealkylation sites (tertiary alicyclic amines) is 1. The van der Waals surface area contributed by atoms with Crippen LogP contribution >= 0.6 is 11.6 Å². The van der Waals surface area contributed by atoms with Gasteiger partial charge in [0, 0.05) is 37.3 Å². The fraction of sp³-hybridized carbons (Fsp3) is 0.667. The van der Waals surface area contributed by atoms with Crippen molar-refractivity contribution in [2.24, 2.45) is 11.8 Å². The van der Waals surface area contributed by atoms with Crippen LogP contribution in [0, 0.1) is 22.0 Å². The zero-order valence-corrected chi connectivity index (χ0v) is 20.8. The Kier molecular flexibility index (Phi) is 8.54. The lowest BCUT2D eigenvalue weighted by Crippen LogP contribution is -2.59. The highest BCUT2D eigenvalue weighted by Crippen LogP contribution is 2.38. The number of β-amino-alcohol motifs (C(OH)–C–C–N with tert-alkyl or cyclic N) is 1. The van der Waals surface area contributed by atoms with Crippen LogP contribution in [0.1, 0.15) is 63.2 Å². The van der Waals surface area contributed by atoms with Gasteiger partial charge in [-0.2, -0.15) is 0 Å². The molecule has 9 nitrogen and oxygen atoms in total. The van der Waals surface area contributed by atoms with Crippen LogP contribution in [0.3, 0.4) is 0 Å². The van der Waals surface area contributed by atoms with Crippen molar-refractivity contribution in [3.63, 3.8) is 0 Å². The van der Waals surface area contributed by atoms with E-state index in [9.17, 15) is 24.8 Å². The molecule has 0 radical (unpaired) electrons. The summed E-state index contributed by atoms with van der Waals surface area (Å²) in [5.41, 5.74) is -0.444. The number of amides is 2. The average molecular weight is 495 g/mol. The summed E-state index contributed by atoms with van der Waals surface area (Å²) < 4.78 is 0. The lowest BCUT2D eigenvalue weighted by molar-refractivity contribution is -0.384. The molecule has 10 heteroatoms. The van der Waals surface area contributed by atoms with Crippen molar-refractivity contribution in [1.82, 2.24) is 15.5 Å². The van der Waals surface area contributed by atoms with E-state index in [1.54, 1.807) is 0 Å². The molecule has 1 saturated heterocycles. The molecule has 1 heterocycles. The van der Waals surface area contributed by atoms with Gasteiger partial charge in [0.2, 0.25) is 5.91 Å². The zero-order valence-electron chi connectivity index (χ0n) is 20.1. The molecule has 0 unspecified atom stereocenters. The predicted molar refractivity (Wildman–Crippen MR) is 130 cm³/mol. The van der Waals surface area contributed by atoms with E-state index in [1.165, 1.54) is 25.0 Å². The van der Waals surface area contributed by atoms with Gasteiger partial charge in [-0.1, -0.05) is 30.9 Å². The summed E-state index contributed by atoms with van der Waals surface area (Å²) in [6.07, 6.45) is 4.58. The molecule has 2 fully saturated rings. The molecule has 4 atom stereocenters. The van der Waals surface area contributed by atoms with Crippen LogP contribution in [0.2, 0.25) is 5.02 Å². The van der Waals surface area contributed by atoms with Crippen molar-refractivity contribution in [1.29, 1.82) is 0 Å². The normalized spacial score (nSPS) is 24.1. The third kappa shape index (κ3) is 6.90. The molecular formula is C24H35ClN4O5. The van der Waals surface area contributed by atoms with E-state index in [-0.39, 0.29) is 46.9 Å². The predicted octanol–water partition coefficient (Wildman–Crippen LogP) is 3.13. The second-order valence-corrected chi connectivity index (χ2v) is 10.9. The molecule has 0 aromatic heterocycles. The van der Waals surface area contributed by atoms with Crippen LogP contribution in [0.15, 0.2) is 18.2 Å². The fourth-order valence-corrected chi connectivity index (χ4v) is 5.33. The second kappa shape index (κ2) is 11.0. The fourth-order valence-electron chi connectivity index (χ4n) is 5.07. The van der Waals surface area contributed by atoms with Gasteiger partial charge in [0.1, 0.15) is 0 Å². The highest BCUT2D eigenvalue weighted by atomic mass is 35.5. The first kappa shape index (κ1) is 26.4. The summed E-state index contributed by atoms with van der Waals surface area (Å²) in [5, 5.41) is 27.3. The molecule has 0 bridgehead atoms. The summed E-state index contributed by atoms with van der Waals surface area (Å²) in [4.78, 5) is 37.9. The lowest BCUT2D eigenvalue weighted by Gasteiger charge is -2.46. The molecule has 1 aliphatic carbocycles. The summed E-state index contributed by atoms with van der Waals surface area (Å²) in [7, 11) is 0. The standard InChI is InChI=1S/C24H35ClN4O5/c1-24(2,3)27-23(32)21-10-15-6-4-5-7-16(15)13-28(21)14-18(30)12-26-22(31)19-9-8-17(29(33)34)11-20(19)25/h8-9,11,15-16,18,21,30H,4-7,10,12-14H2,1-3H3,(H,26,31)(H,27,32)/t15-,16+,18-,21-/m0/s1. The molecule has 1 saturated carbocycles. The first-order chi connectivity index (χ1) is 15.9. The number of piperidine rings is 1. The Labute approximate surface area is 205 Å². The molecule has 34 heavy (non-hydrogen) atoms. The molecule has 2 aliphatic rings. The Morgan fingerprint density at radius 2 is 1.94 bits per heavy atom. The maximum atomic E-state index is 13.1. The molecular weight excluding hydrogens is 460 g/mol. The minimum absolute atomic E-state index is 0.0228. The van der Waals surface area contributed by atoms with Crippen molar-refractivity contribution in [2.45, 2.75) is 70.6 Å². The molecule has 3 rings (SSSR count). The zero-order chi connectivity index (χ0) is 25.0. The van der Waals surface area contributed by atoms with Crippen LogP contribution in [0.4, 0.5) is 5.69 Å². The highest BCUT2D eigenvalue weighted by Gasteiger charge is 2.41. The lowest BCUT2D eigenvalue weighted by atomic mass is 9.72. The molecule has 1 aromatic rings. The van der Waals surface area contributed by atoms with Crippen molar-refractivity contribution in [3.8, 4) is 0 Å². The third-order valence-electron chi connectivity index (χ3n) is 6.65. The maximum absolute atomic E-state index is 13.1. The summed E-state index contributed by atoms with van der Waals surface area (Å²) in [6.45, 7) is 6.86. The number of carbonyl (C=O) groups is 2. The monoisotopic (exact) mass is 494 g/mol. The number of nitro groups is 1. The molecule has 1 aromatic carbocycles. The maximum Gasteiger partial charge on any atom is 0.270 e. The van der Waals surface area contributed by atoms with Crippen LogP contribution in [0.25, 0.3) is 0 Å². The van der Waals surface area contributed by atoms with Gasteiger partial charge < -0.3 is 15.7 Å². The summed E-state index contributed by atoms with van der Waals surface area (Å²) in [6, 6.07) is 3.32. The van der Waals surface area contributed by atoms with Crippen molar-refractivity contribution in [2.75, 3.05) is 19.6 Å². The van der Waals surface area contributed by atoms with E-state index in [4.69, 9.17) is 11.6 Å². The van der Waals surface area contributed by atoms with E-state index in [0.717, 1.165) is 31.9 Å². The Morgan fingerprint density at radius 3 is 2.56 bits per heavy atom. The van der Waals surface area contributed by atoms with E-state index in [2.05, 4.69) is 15.5 Å². The number of benzene rings is 1. The number of hydrogen-bond donors (Lipinski definition) is 3. The third-order valence-corrected chi connectivity index (χ3v) is 6.97. The largest absolute Gasteiger partial charge is 0.390 e. The van der Waals surface area contributed by atoms with Crippen molar-refractivity contribution < 1.29 is 19.6 Å². The number of rotatable bonds is 7. The summed E-state index contributed by atoms with van der Waals surface area (Å²) in [5.74, 6) is 0.507. The number of hydrogen-bond acceptors (Lipinski definition) is 6. The van der Waals surface area contributed by atoms with Gasteiger partial charge in [-0.15, -0.1) is 0 Å². The van der Waals surface area contributed by atoms with Gasteiger partial charge in [0.25, 0.3) is 11.6 Å². The Bertz CT molecular complexity index is 919. The van der Waals surface area contributed by atoms with E-state index >= 15 is 0 Å². The Balaban J connectivity index is 1.62. The SMILES string of the molecule is CC(C)(C)NC(=O)[C@@H]1C[C@@H]2CCCC[C@@H]2CN1C[C@@H](O)CNC(=O)c1ccc([N+](=O)[O-])cc1Cl. The first-order valence-electron chi connectivity index (χ1n) is 11.9. The van der Waals surface area contributed by atoms with Crippen molar-refractivity contribution in [3.05, 3.63) is 38.9 Å². The number of carbonyl (C=O) groups excluding carboxylic acids is 2. The molecule has 2 amide bonds. The number of aliphatic hydroxyl groups excluding tert-OH is 1. The van der Waals surface area contributed by atoms with Gasteiger partial charge in [0.15, 0.2) is 0 Å². The Hall–Kier alpha value is -2.23. The van der Waals surface area contributed by atoms with Gasteiger partial charge >= 0.3 is 0 Å². The Morgan fingerprint density at radius 1 is 1.26 bits per heavy atom. The van der Waals surface area contributed by atoms with E-state index in [1.807, 2.05) is 20.8 Å². The number of fused-ring (bicyclic) bond motifs is 1. The van der Waals surface area contributed by atoms with Crippen molar-refractivity contribution >= 4 is 29.1 Å².